The molecule has 4 heterocycles. The smallest absolute Gasteiger partial charge is 0.0795 e. The predicted molar refractivity (Wildman–Crippen MR) is 57.3 cm³/mol. The van der Waals surface area contributed by atoms with Crippen molar-refractivity contribution in [3.05, 3.63) is 16.6 Å². The van der Waals surface area contributed by atoms with Crippen LogP contribution in [0, 0.1) is 0 Å². The molecule has 4 rings (SSSR count). The van der Waals surface area contributed by atoms with Crippen molar-refractivity contribution in [2.45, 2.75) is 25.0 Å². The van der Waals surface area contributed by atoms with Crippen molar-refractivity contribution in [3.8, 4) is 0 Å². The van der Waals surface area contributed by atoms with Gasteiger partial charge < -0.3 is 4.90 Å². The van der Waals surface area contributed by atoms with E-state index in [0.717, 1.165) is 18.6 Å². The molecule has 0 radical (unpaired) electrons. The van der Waals surface area contributed by atoms with Crippen LogP contribution in [0.1, 0.15) is 12.1 Å². The molecule has 3 fully saturated rings. The summed E-state index contributed by atoms with van der Waals surface area (Å²) in [4.78, 5) is 9.39. The second-order valence-corrected chi connectivity index (χ2v) is 5.14. The molecule has 4 heteroatoms. The number of piperazine rings is 1. The number of hydrogen-bond donors (Lipinski definition) is 0. The van der Waals surface area contributed by atoms with Gasteiger partial charge in [-0.2, -0.15) is 0 Å². The van der Waals surface area contributed by atoms with Crippen molar-refractivity contribution in [2.24, 2.45) is 0 Å². The van der Waals surface area contributed by atoms with Gasteiger partial charge in [0.1, 0.15) is 0 Å². The summed E-state index contributed by atoms with van der Waals surface area (Å²) in [6.07, 6.45) is 1.40. The van der Waals surface area contributed by atoms with Crippen LogP contribution < -0.4 is 0 Å². The summed E-state index contributed by atoms with van der Waals surface area (Å²) in [5.74, 6) is 0. The van der Waals surface area contributed by atoms with E-state index in [1.165, 1.54) is 25.2 Å². The molecule has 3 aliphatic rings. The van der Waals surface area contributed by atoms with Gasteiger partial charge in [0.25, 0.3) is 0 Å². The van der Waals surface area contributed by atoms with Crippen molar-refractivity contribution in [2.75, 3.05) is 20.1 Å². The van der Waals surface area contributed by atoms with Crippen LogP contribution in [-0.4, -0.2) is 47.0 Å². The van der Waals surface area contributed by atoms with Crippen molar-refractivity contribution in [1.82, 2.24) is 14.8 Å². The first-order chi connectivity index (χ1) is 6.83. The highest BCUT2D eigenvalue weighted by Crippen LogP contribution is 2.32. The second-order valence-electron chi connectivity index (χ2n) is 4.42. The minimum atomic E-state index is 0.792. The lowest BCUT2D eigenvalue weighted by molar-refractivity contribution is -0.0674. The maximum atomic E-state index is 4.35. The topological polar surface area (TPSA) is 19.4 Å². The number of piperidine rings is 1. The average Bonchev–Trinajstić information content (AvgIpc) is 2.66. The summed E-state index contributed by atoms with van der Waals surface area (Å²) < 4.78 is 0. The SMILES string of the molecule is CN1CC2CC(C1)N2Cc1cscn1. The Morgan fingerprint density at radius 1 is 1.50 bits per heavy atom. The molecular formula is C10H15N3S. The lowest BCUT2D eigenvalue weighted by Gasteiger charge is -2.55. The van der Waals surface area contributed by atoms with Crippen LogP contribution in [0.3, 0.4) is 0 Å². The summed E-state index contributed by atoms with van der Waals surface area (Å²) in [6.45, 7) is 3.54. The zero-order valence-electron chi connectivity index (χ0n) is 8.39. The number of hydrogen-bond acceptors (Lipinski definition) is 4. The van der Waals surface area contributed by atoms with Crippen LogP contribution >= 0.6 is 11.3 Å². The maximum absolute atomic E-state index is 4.35. The Kier molecular flexibility index (Phi) is 2.08. The van der Waals surface area contributed by atoms with Crippen LogP contribution in [0.2, 0.25) is 0 Å². The standard InChI is InChI=1S/C10H15N3S/c1-12-4-9-2-10(5-12)13(9)3-8-6-14-7-11-8/h6-7,9-10H,2-5H2,1H3. The third kappa shape index (κ3) is 1.38. The van der Waals surface area contributed by atoms with E-state index in [-0.39, 0.29) is 0 Å². The monoisotopic (exact) mass is 209 g/mol. The predicted octanol–water partition coefficient (Wildman–Crippen LogP) is 1.03. The van der Waals surface area contributed by atoms with Crippen LogP contribution in [0.25, 0.3) is 0 Å². The molecule has 2 bridgehead atoms. The quantitative estimate of drug-likeness (QED) is 0.725. The van der Waals surface area contributed by atoms with Crippen molar-refractivity contribution in [1.29, 1.82) is 0 Å². The van der Waals surface area contributed by atoms with E-state index in [9.17, 15) is 0 Å². The zero-order valence-corrected chi connectivity index (χ0v) is 9.20. The number of thiazole rings is 1. The van der Waals surface area contributed by atoms with Gasteiger partial charge in [-0.25, -0.2) is 4.98 Å². The van der Waals surface area contributed by atoms with E-state index < -0.39 is 0 Å². The second kappa shape index (κ2) is 3.29. The molecule has 0 aromatic carbocycles. The van der Waals surface area contributed by atoms with Crippen molar-refractivity contribution in [3.63, 3.8) is 0 Å². The first kappa shape index (κ1) is 8.83. The molecule has 0 spiro atoms. The summed E-state index contributed by atoms with van der Waals surface area (Å²) in [5, 5.41) is 2.16. The Hall–Kier alpha value is -0.450. The molecule has 1 aromatic rings. The van der Waals surface area contributed by atoms with E-state index in [2.05, 4.69) is 27.2 Å². The number of likely N-dealkylation sites (N-methyl/N-ethyl adjacent to an activating group) is 1. The van der Waals surface area contributed by atoms with Gasteiger partial charge in [0.05, 0.1) is 11.2 Å². The van der Waals surface area contributed by atoms with E-state index in [4.69, 9.17) is 0 Å². The third-order valence-electron chi connectivity index (χ3n) is 3.36. The third-order valence-corrected chi connectivity index (χ3v) is 3.99. The van der Waals surface area contributed by atoms with Gasteiger partial charge in [0, 0.05) is 37.1 Å². The lowest BCUT2D eigenvalue weighted by Crippen LogP contribution is -2.67. The molecule has 2 unspecified atom stereocenters. The number of nitrogens with zero attached hydrogens (tertiary/aromatic N) is 3. The van der Waals surface area contributed by atoms with Crippen LogP contribution in [0.15, 0.2) is 10.9 Å². The molecule has 3 saturated heterocycles. The van der Waals surface area contributed by atoms with Gasteiger partial charge in [-0.05, 0) is 13.5 Å². The minimum absolute atomic E-state index is 0.792. The highest BCUT2D eigenvalue weighted by Gasteiger charge is 2.43. The Morgan fingerprint density at radius 3 is 2.93 bits per heavy atom. The molecule has 0 N–H and O–H groups in total. The number of aromatic nitrogens is 1. The molecule has 0 aliphatic carbocycles. The van der Waals surface area contributed by atoms with E-state index in [0.29, 0.717) is 0 Å². The number of rotatable bonds is 2. The van der Waals surface area contributed by atoms with Crippen molar-refractivity contribution >= 4 is 11.3 Å². The fourth-order valence-electron chi connectivity index (χ4n) is 2.66. The lowest BCUT2D eigenvalue weighted by atomic mass is 9.87. The van der Waals surface area contributed by atoms with Crippen LogP contribution in [-0.2, 0) is 6.54 Å². The van der Waals surface area contributed by atoms with Gasteiger partial charge in [0.2, 0.25) is 0 Å². The molecule has 3 nitrogen and oxygen atoms in total. The molecule has 14 heavy (non-hydrogen) atoms. The normalized spacial score (nSPS) is 32.9. The van der Waals surface area contributed by atoms with Crippen LogP contribution in [0.5, 0.6) is 0 Å². The summed E-state index contributed by atoms with van der Waals surface area (Å²) in [5.41, 5.74) is 3.17. The molecule has 0 saturated carbocycles. The van der Waals surface area contributed by atoms with Crippen LogP contribution in [0.4, 0.5) is 0 Å². The summed E-state index contributed by atoms with van der Waals surface area (Å²) in [6, 6.07) is 1.58. The maximum Gasteiger partial charge on any atom is 0.0795 e. The fraction of sp³-hybridized carbons (Fsp3) is 0.700. The van der Waals surface area contributed by atoms with Gasteiger partial charge in [-0.15, -0.1) is 11.3 Å². The molecule has 3 aliphatic heterocycles. The Balaban J connectivity index is 1.66. The molecule has 1 aromatic heterocycles. The molecule has 0 amide bonds. The van der Waals surface area contributed by atoms with Crippen molar-refractivity contribution < 1.29 is 0 Å². The van der Waals surface area contributed by atoms with Gasteiger partial charge >= 0.3 is 0 Å². The van der Waals surface area contributed by atoms with E-state index >= 15 is 0 Å². The minimum Gasteiger partial charge on any atom is -0.303 e. The Bertz CT molecular complexity index is 299. The highest BCUT2D eigenvalue weighted by atomic mass is 32.1. The van der Waals surface area contributed by atoms with Gasteiger partial charge in [-0.1, -0.05) is 0 Å². The molecule has 2 atom stereocenters. The first-order valence-corrected chi connectivity index (χ1v) is 6.08. The zero-order chi connectivity index (χ0) is 9.54. The fourth-order valence-corrected chi connectivity index (χ4v) is 3.21. The van der Waals surface area contributed by atoms with Gasteiger partial charge in [0.15, 0.2) is 0 Å². The largest absolute Gasteiger partial charge is 0.303 e. The average molecular weight is 209 g/mol. The Labute approximate surface area is 88.4 Å². The van der Waals surface area contributed by atoms with E-state index in [1.807, 2.05) is 5.51 Å². The molecular weight excluding hydrogens is 194 g/mol. The first-order valence-electron chi connectivity index (χ1n) is 5.14. The highest BCUT2D eigenvalue weighted by molar-refractivity contribution is 7.07. The Morgan fingerprint density at radius 2 is 2.29 bits per heavy atom. The van der Waals surface area contributed by atoms with Gasteiger partial charge in [-0.3, -0.25) is 4.90 Å². The molecule has 76 valence electrons. The summed E-state index contributed by atoms with van der Waals surface area (Å²) in [7, 11) is 2.22. The summed E-state index contributed by atoms with van der Waals surface area (Å²) >= 11 is 1.70. The number of fused-ring (bicyclic) bond motifs is 2. The van der Waals surface area contributed by atoms with E-state index in [1.54, 1.807) is 11.3 Å².